The van der Waals surface area contributed by atoms with Crippen molar-refractivity contribution in [2.75, 3.05) is 4.72 Å². The van der Waals surface area contributed by atoms with E-state index in [-0.39, 0.29) is 5.82 Å². The van der Waals surface area contributed by atoms with Gasteiger partial charge in [-0.15, -0.1) is 0 Å². The van der Waals surface area contributed by atoms with Gasteiger partial charge in [-0.05, 0) is 6.92 Å². The van der Waals surface area contributed by atoms with Crippen LogP contribution in [-0.2, 0) is 24.1 Å². The molecule has 0 unspecified atom stereocenters. The van der Waals surface area contributed by atoms with Crippen molar-refractivity contribution in [3.63, 3.8) is 0 Å². The minimum absolute atomic E-state index is 0.168. The Balaban J connectivity index is 2.59. The number of aromatic amines is 1. The van der Waals surface area contributed by atoms with Gasteiger partial charge in [-0.25, -0.2) is 13.2 Å². The molecule has 0 fully saturated rings. The molecule has 0 bridgehead atoms. The average molecular weight is 299 g/mol. The van der Waals surface area contributed by atoms with Gasteiger partial charge in [-0.2, -0.15) is 5.10 Å². The van der Waals surface area contributed by atoms with E-state index in [4.69, 9.17) is 0 Å². The summed E-state index contributed by atoms with van der Waals surface area (Å²) in [4.78, 5) is 22.9. The molecule has 0 atom stereocenters. The van der Waals surface area contributed by atoms with Crippen LogP contribution in [-0.4, -0.2) is 27.7 Å². The largest absolute Gasteiger partial charge is 0.330 e. The van der Waals surface area contributed by atoms with Gasteiger partial charge in [0.15, 0.2) is 4.90 Å². The lowest BCUT2D eigenvalue weighted by molar-refractivity contribution is 0.589. The number of nitrogens with one attached hydrogen (secondary N) is 2. The summed E-state index contributed by atoms with van der Waals surface area (Å²) in [5.41, 5.74) is -0.917. The highest BCUT2D eigenvalue weighted by Gasteiger charge is 2.22. The molecule has 2 aromatic rings. The highest BCUT2D eigenvalue weighted by molar-refractivity contribution is 7.92. The standard InChI is InChI=1S/C10H13N5O4S/c1-6-4-11-12-8(6)13-20(18,19)7-5-14(2)10(17)15(3)9(7)16/h4-5H,1-3H3,(H2,11,12,13). The lowest BCUT2D eigenvalue weighted by Gasteiger charge is -2.09. The van der Waals surface area contributed by atoms with E-state index < -0.39 is 26.2 Å². The molecular formula is C10H13N5O4S. The Morgan fingerprint density at radius 1 is 1.30 bits per heavy atom. The highest BCUT2D eigenvalue weighted by atomic mass is 32.2. The number of H-pyrrole nitrogens is 1. The summed E-state index contributed by atoms with van der Waals surface area (Å²) >= 11 is 0. The van der Waals surface area contributed by atoms with Gasteiger partial charge in [-0.3, -0.25) is 19.2 Å². The second-order valence-electron chi connectivity index (χ2n) is 4.28. The van der Waals surface area contributed by atoms with Gasteiger partial charge in [0.1, 0.15) is 5.82 Å². The van der Waals surface area contributed by atoms with E-state index in [0.29, 0.717) is 5.56 Å². The first-order valence-electron chi connectivity index (χ1n) is 5.53. The third-order valence-electron chi connectivity index (χ3n) is 2.77. The maximum absolute atomic E-state index is 12.2. The summed E-state index contributed by atoms with van der Waals surface area (Å²) in [7, 11) is -1.54. The first kappa shape index (κ1) is 14.1. The van der Waals surface area contributed by atoms with Gasteiger partial charge in [0.05, 0.1) is 6.20 Å². The minimum Gasteiger partial charge on any atom is -0.302 e. The van der Waals surface area contributed by atoms with Crippen LogP contribution in [0.25, 0.3) is 0 Å². The van der Waals surface area contributed by atoms with Crippen LogP contribution in [0.1, 0.15) is 5.56 Å². The smallest absolute Gasteiger partial charge is 0.302 e. The van der Waals surface area contributed by atoms with Crippen LogP contribution in [0.5, 0.6) is 0 Å². The fourth-order valence-corrected chi connectivity index (χ4v) is 2.85. The van der Waals surface area contributed by atoms with Crippen LogP contribution in [0.15, 0.2) is 26.9 Å². The van der Waals surface area contributed by atoms with Crippen LogP contribution in [0, 0.1) is 6.92 Å². The van der Waals surface area contributed by atoms with E-state index in [1.807, 2.05) is 0 Å². The number of aryl methyl sites for hydroxylation is 2. The van der Waals surface area contributed by atoms with Crippen molar-refractivity contribution >= 4 is 15.8 Å². The molecular weight excluding hydrogens is 286 g/mol. The number of nitrogens with zero attached hydrogens (tertiary/aromatic N) is 3. The lowest BCUT2D eigenvalue weighted by atomic mass is 10.4. The SMILES string of the molecule is Cc1cn[nH]c1NS(=O)(=O)c1cn(C)c(=O)n(C)c1=O. The third kappa shape index (κ3) is 2.25. The predicted octanol–water partition coefficient (Wildman–Crippen LogP) is -1.08. The van der Waals surface area contributed by atoms with Crippen molar-refractivity contribution in [1.82, 2.24) is 19.3 Å². The maximum Gasteiger partial charge on any atom is 0.330 e. The van der Waals surface area contributed by atoms with Gasteiger partial charge in [0, 0.05) is 25.9 Å². The van der Waals surface area contributed by atoms with Crippen molar-refractivity contribution in [2.24, 2.45) is 14.1 Å². The molecule has 2 N–H and O–H groups in total. The summed E-state index contributed by atoms with van der Waals surface area (Å²) in [6, 6.07) is 0. The lowest BCUT2D eigenvalue weighted by Crippen LogP contribution is -2.40. The van der Waals surface area contributed by atoms with Crippen LogP contribution in [0.3, 0.4) is 0 Å². The summed E-state index contributed by atoms with van der Waals surface area (Å²) < 4.78 is 28.4. The van der Waals surface area contributed by atoms with Crippen molar-refractivity contribution in [1.29, 1.82) is 0 Å². The Hall–Kier alpha value is -2.36. The Morgan fingerprint density at radius 3 is 2.50 bits per heavy atom. The number of anilines is 1. The molecule has 0 saturated heterocycles. The highest BCUT2D eigenvalue weighted by Crippen LogP contribution is 2.13. The molecule has 20 heavy (non-hydrogen) atoms. The van der Waals surface area contributed by atoms with Gasteiger partial charge in [0.25, 0.3) is 15.6 Å². The average Bonchev–Trinajstić information content (AvgIpc) is 2.76. The molecule has 0 aliphatic carbocycles. The molecule has 0 aromatic carbocycles. The van der Waals surface area contributed by atoms with E-state index in [2.05, 4.69) is 14.9 Å². The van der Waals surface area contributed by atoms with Gasteiger partial charge >= 0.3 is 5.69 Å². The Kier molecular flexibility index (Phi) is 3.26. The third-order valence-corrected chi connectivity index (χ3v) is 4.10. The molecule has 9 nitrogen and oxygen atoms in total. The summed E-state index contributed by atoms with van der Waals surface area (Å²) in [5.74, 6) is 0.168. The molecule has 2 heterocycles. The van der Waals surface area contributed by atoms with Crippen LogP contribution in [0.4, 0.5) is 5.82 Å². The van der Waals surface area contributed by atoms with E-state index in [1.165, 1.54) is 20.3 Å². The molecule has 2 aromatic heterocycles. The van der Waals surface area contributed by atoms with Gasteiger partial charge in [0.2, 0.25) is 0 Å². The van der Waals surface area contributed by atoms with E-state index in [0.717, 1.165) is 15.3 Å². The number of sulfonamides is 1. The molecule has 0 saturated carbocycles. The molecule has 2 rings (SSSR count). The number of hydrogen-bond acceptors (Lipinski definition) is 5. The molecule has 0 spiro atoms. The monoisotopic (exact) mass is 299 g/mol. The second-order valence-corrected chi connectivity index (χ2v) is 5.94. The van der Waals surface area contributed by atoms with E-state index >= 15 is 0 Å². The Bertz CT molecular complexity index is 874. The van der Waals surface area contributed by atoms with Crippen molar-refractivity contribution in [3.05, 3.63) is 38.8 Å². The number of rotatable bonds is 3. The number of aromatic nitrogens is 4. The van der Waals surface area contributed by atoms with E-state index in [9.17, 15) is 18.0 Å². The predicted molar refractivity (Wildman–Crippen MR) is 71.1 cm³/mol. The quantitative estimate of drug-likeness (QED) is 0.747. The Labute approximate surface area is 113 Å². The zero-order chi connectivity index (χ0) is 15.1. The molecule has 0 aliphatic rings. The Morgan fingerprint density at radius 2 is 1.95 bits per heavy atom. The van der Waals surface area contributed by atoms with E-state index in [1.54, 1.807) is 6.92 Å². The van der Waals surface area contributed by atoms with Crippen molar-refractivity contribution in [2.45, 2.75) is 11.8 Å². The molecule has 108 valence electrons. The van der Waals surface area contributed by atoms with Crippen molar-refractivity contribution in [3.8, 4) is 0 Å². The fraction of sp³-hybridized carbons (Fsp3) is 0.300. The molecule has 0 amide bonds. The molecule has 0 aliphatic heterocycles. The number of hydrogen-bond donors (Lipinski definition) is 2. The zero-order valence-electron chi connectivity index (χ0n) is 11.0. The van der Waals surface area contributed by atoms with Gasteiger partial charge in [-0.1, -0.05) is 0 Å². The minimum atomic E-state index is -4.11. The second kappa shape index (κ2) is 4.63. The van der Waals surface area contributed by atoms with Crippen LogP contribution in [0.2, 0.25) is 0 Å². The van der Waals surface area contributed by atoms with Crippen molar-refractivity contribution < 1.29 is 8.42 Å². The normalized spacial score (nSPS) is 11.6. The van der Waals surface area contributed by atoms with Gasteiger partial charge < -0.3 is 4.57 Å². The molecule has 10 heteroatoms. The summed E-state index contributed by atoms with van der Waals surface area (Å²) in [6.07, 6.45) is 2.43. The van der Waals surface area contributed by atoms with Crippen LogP contribution < -0.4 is 16.0 Å². The maximum atomic E-state index is 12.2. The topological polar surface area (TPSA) is 119 Å². The first-order chi connectivity index (χ1) is 9.24. The molecule has 0 radical (unpaired) electrons. The summed E-state index contributed by atoms with van der Waals surface area (Å²) in [6.45, 7) is 1.65. The summed E-state index contributed by atoms with van der Waals surface area (Å²) in [5, 5.41) is 6.15. The first-order valence-corrected chi connectivity index (χ1v) is 7.02. The fourth-order valence-electron chi connectivity index (χ4n) is 1.60. The zero-order valence-corrected chi connectivity index (χ0v) is 11.9. The van der Waals surface area contributed by atoms with Crippen LogP contribution >= 0.6 is 0 Å².